The number of hydrogen-bond acceptors (Lipinski definition) is 2. The number of Topliss-reactive ketones (excluding diaryl/α,β-unsaturated/α-hetero) is 1. The van der Waals surface area contributed by atoms with E-state index in [1.54, 1.807) is 0 Å². The molecule has 0 bridgehead atoms. The van der Waals surface area contributed by atoms with E-state index in [1.807, 2.05) is 18.2 Å². The highest BCUT2D eigenvalue weighted by atomic mass is 16.3. The Kier molecular flexibility index (Phi) is 3.58. The van der Waals surface area contributed by atoms with E-state index in [2.05, 4.69) is 25.1 Å². The minimum atomic E-state index is -0.210. The van der Waals surface area contributed by atoms with Gasteiger partial charge in [0.05, 0.1) is 6.10 Å². The number of aliphatic hydroxyl groups is 1. The Balaban J connectivity index is 1.86. The average Bonchev–Trinajstić information content (AvgIpc) is 2.47. The zero-order valence-electron chi connectivity index (χ0n) is 11.8. The van der Waals surface area contributed by atoms with Gasteiger partial charge in [-0.25, -0.2) is 0 Å². The molecule has 0 aliphatic heterocycles. The highest BCUT2D eigenvalue weighted by Gasteiger charge is 2.25. The van der Waals surface area contributed by atoms with Gasteiger partial charge in [0, 0.05) is 11.5 Å². The first-order valence-corrected chi connectivity index (χ1v) is 7.36. The van der Waals surface area contributed by atoms with Crippen LogP contribution in [0.1, 0.15) is 41.6 Å². The Bertz CT molecular complexity index is 637. The Morgan fingerprint density at radius 2 is 1.65 bits per heavy atom. The van der Waals surface area contributed by atoms with Crippen LogP contribution in [0.2, 0.25) is 0 Å². The molecule has 0 unspecified atom stereocenters. The number of hydrogen-bond donors (Lipinski definition) is 1. The summed E-state index contributed by atoms with van der Waals surface area (Å²) in [4.78, 5) is 12.5. The molecule has 20 heavy (non-hydrogen) atoms. The summed E-state index contributed by atoms with van der Waals surface area (Å²) < 4.78 is 0. The summed E-state index contributed by atoms with van der Waals surface area (Å²) in [6, 6.07) is 12.3. The van der Waals surface area contributed by atoms with E-state index in [-0.39, 0.29) is 17.8 Å². The largest absolute Gasteiger partial charge is 0.393 e. The smallest absolute Gasteiger partial charge is 0.165 e. The molecule has 0 amide bonds. The Morgan fingerprint density at radius 1 is 1.00 bits per heavy atom. The van der Waals surface area contributed by atoms with Crippen molar-refractivity contribution in [3.8, 4) is 0 Å². The maximum absolute atomic E-state index is 12.5. The maximum atomic E-state index is 12.5. The lowest BCUT2D eigenvalue weighted by molar-refractivity contribution is 0.0764. The number of fused-ring (bicyclic) bond motifs is 1. The molecule has 1 N–H and O–H groups in total. The molecule has 3 rings (SSSR count). The molecule has 2 aromatic carbocycles. The molecule has 1 aliphatic carbocycles. The van der Waals surface area contributed by atoms with Crippen molar-refractivity contribution in [3.63, 3.8) is 0 Å². The van der Waals surface area contributed by atoms with Gasteiger partial charge in [0.2, 0.25) is 0 Å². The molecule has 0 spiro atoms. The van der Waals surface area contributed by atoms with Crippen molar-refractivity contribution < 1.29 is 9.90 Å². The highest BCUT2D eigenvalue weighted by Crippen LogP contribution is 2.28. The van der Waals surface area contributed by atoms with Crippen LogP contribution in [0.4, 0.5) is 0 Å². The van der Waals surface area contributed by atoms with Crippen LogP contribution in [0.25, 0.3) is 10.8 Å². The number of aliphatic hydroxyl groups excluding tert-OH is 1. The van der Waals surface area contributed by atoms with Gasteiger partial charge in [-0.2, -0.15) is 0 Å². The van der Waals surface area contributed by atoms with Gasteiger partial charge in [-0.3, -0.25) is 4.79 Å². The number of carbonyl (C=O) groups is 1. The second-order valence-electron chi connectivity index (χ2n) is 5.94. The molecule has 0 aromatic heterocycles. The lowest BCUT2D eigenvalue weighted by Crippen LogP contribution is -2.24. The number of aryl methyl sites for hydroxylation is 1. The van der Waals surface area contributed by atoms with Crippen molar-refractivity contribution in [3.05, 3.63) is 47.5 Å². The predicted molar refractivity (Wildman–Crippen MR) is 81.0 cm³/mol. The first kappa shape index (κ1) is 13.3. The minimum Gasteiger partial charge on any atom is -0.393 e. The Hall–Kier alpha value is -1.67. The van der Waals surface area contributed by atoms with Crippen molar-refractivity contribution in [1.29, 1.82) is 0 Å². The first-order valence-electron chi connectivity index (χ1n) is 7.36. The minimum absolute atomic E-state index is 0.0845. The van der Waals surface area contributed by atoms with E-state index in [9.17, 15) is 9.90 Å². The van der Waals surface area contributed by atoms with Crippen LogP contribution >= 0.6 is 0 Å². The van der Waals surface area contributed by atoms with E-state index in [4.69, 9.17) is 0 Å². The summed E-state index contributed by atoms with van der Waals surface area (Å²) in [7, 11) is 0. The fraction of sp³-hybridized carbons (Fsp3) is 0.389. The van der Waals surface area contributed by atoms with Gasteiger partial charge in [0.1, 0.15) is 0 Å². The zero-order chi connectivity index (χ0) is 14.1. The topological polar surface area (TPSA) is 37.3 Å². The Labute approximate surface area is 119 Å². The maximum Gasteiger partial charge on any atom is 0.165 e. The lowest BCUT2D eigenvalue weighted by Gasteiger charge is -2.24. The molecule has 2 heteroatoms. The van der Waals surface area contributed by atoms with Crippen molar-refractivity contribution in [2.75, 3.05) is 0 Å². The third kappa shape index (κ3) is 2.61. The van der Waals surface area contributed by atoms with Gasteiger partial charge in [0.15, 0.2) is 5.78 Å². The molecule has 2 aromatic rings. The summed E-state index contributed by atoms with van der Waals surface area (Å²) in [5, 5.41) is 11.8. The fourth-order valence-corrected chi connectivity index (χ4v) is 3.09. The van der Waals surface area contributed by atoms with Gasteiger partial charge in [-0.15, -0.1) is 0 Å². The third-order valence-corrected chi connectivity index (χ3v) is 4.35. The van der Waals surface area contributed by atoms with Crippen LogP contribution in [-0.4, -0.2) is 17.0 Å². The number of ketones is 1. The average molecular weight is 268 g/mol. The first-order chi connectivity index (χ1) is 9.63. The van der Waals surface area contributed by atoms with E-state index >= 15 is 0 Å². The molecule has 1 aliphatic rings. The Morgan fingerprint density at radius 3 is 2.40 bits per heavy atom. The summed E-state index contributed by atoms with van der Waals surface area (Å²) in [5.41, 5.74) is 2.04. The van der Waals surface area contributed by atoms with Gasteiger partial charge in [-0.05, 0) is 49.4 Å². The second-order valence-corrected chi connectivity index (χ2v) is 5.94. The molecule has 104 valence electrons. The normalized spacial score (nSPS) is 22.9. The van der Waals surface area contributed by atoms with Gasteiger partial charge >= 0.3 is 0 Å². The molecule has 0 atom stereocenters. The number of carbonyl (C=O) groups excluding carboxylic acids is 1. The molecule has 1 saturated carbocycles. The molecule has 2 nitrogen and oxygen atoms in total. The molecule has 0 radical (unpaired) electrons. The van der Waals surface area contributed by atoms with Crippen LogP contribution < -0.4 is 0 Å². The summed E-state index contributed by atoms with van der Waals surface area (Å²) in [6.07, 6.45) is 2.92. The van der Waals surface area contributed by atoms with Crippen molar-refractivity contribution >= 4 is 16.6 Å². The highest BCUT2D eigenvalue weighted by molar-refractivity contribution is 6.01. The molecule has 0 heterocycles. The zero-order valence-corrected chi connectivity index (χ0v) is 11.8. The monoisotopic (exact) mass is 268 g/mol. The predicted octanol–water partition coefficient (Wildman–Crippen LogP) is 3.88. The number of benzene rings is 2. The van der Waals surface area contributed by atoms with Crippen molar-refractivity contribution in [2.24, 2.45) is 5.92 Å². The summed E-state index contributed by atoms with van der Waals surface area (Å²) in [6.45, 7) is 2.08. The van der Waals surface area contributed by atoms with Crippen LogP contribution in [0.3, 0.4) is 0 Å². The molecular formula is C18H20O2. The van der Waals surface area contributed by atoms with Crippen LogP contribution in [0.15, 0.2) is 36.4 Å². The SMILES string of the molecule is Cc1ccc2cc(C(=O)C3CCC(O)CC3)ccc2c1. The fourth-order valence-electron chi connectivity index (χ4n) is 3.09. The standard InChI is InChI=1S/C18H20O2/c1-12-2-3-15-11-16(5-4-14(15)10-12)18(20)13-6-8-17(19)9-7-13/h2-5,10-11,13,17,19H,6-9H2,1H3. The van der Waals surface area contributed by atoms with Gasteiger partial charge < -0.3 is 5.11 Å². The van der Waals surface area contributed by atoms with Gasteiger partial charge in [0.25, 0.3) is 0 Å². The van der Waals surface area contributed by atoms with Crippen molar-refractivity contribution in [1.82, 2.24) is 0 Å². The van der Waals surface area contributed by atoms with E-state index in [1.165, 1.54) is 10.9 Å². The molecule has 1 fully saturated rings. The quantitative estimate of drug-likeness (QED) is 0.839. The molecule has 0 saturated heterocycles. The van der Waals surface area contributed by atoms with Gasteiger partial charge in [-0.1, -0.05) is 35.9 Å². The van der Waals surface area contributed by atoms with E-state index in [0.717, 1.165) is 36.6 Å². The lowest BCUT2D eigenvalue weighted by atomic mass is 9.82. The summed E-state index contributed by atoms with van der Waals surface area (Å²) >= 11 is 0. The third-order valence-electron chi connectivity index (χ3n) is 4.35. The molecular weight excluding hydrogens is 248 g/mol. The summed E-state index contributed by atoms with van der Waals surface area (Å²) in [5.74, 6) is 0.320. The van der Waals surface area contributed by atoms with E-state index < -0.39 is 0 Å². The van der Waals surface area contributed by atoms with Crippen molar-refractivity contribution in [2.45, 2.75) is 38.7 Å². The van der Waals surface area contributed by atoms with Crippen LogP contribution in [-0.2, 0) is 0 Å². The van der Waals surface area contributed by atoms with Crippen LogP contribution in [0.5, 0.6) is 0 Å². The van der Waals surface area contributed by atoms with Crippen LogP contribution in [0, 0.1) is 12.8 Å². The second kappa shape index (κ2) is 5.37. The van der Waals surface area contributed by atoms with E-state index in [0.29, 0.717) is 0 Å². The number of rotatable bonds is 2.